The third kappa shape index (κ3) is 2.45. The molecule has 0 fully saturated rings. The molecule has 114 valence electrons. The van der Waals surface area contributed by atoms with Gasteiger partial charge in [-0.3, -0.25) is 4.79 Å². The summed E-state index contributed by atoms with van der Waals surface area (Å²) in [5.41, 5.74) is 7.55. The number of anilines is 2. The number of aromatic nitrogens is 3. The standard InChI is InChI=1S/C15H17N5O2/c1-7(2)10-5-18-15-9(4-12(21)20-15)13(10)22-11-6-17-8(3)19-14(11)16/h5-7H,4H2,1-3H3,(H2,16,17,19)(H,18,20,21). The fraction of sp³-hybridized carbons (Fsp3) is 0.333. The second-order valence-corrected chi connectivity index (χ2v) is 5.52. The number of pyridine rings is 1. The van der Waals surface area contributed by atoms with Gasteiger partial charge in [0, 0.05) is 17.3 Å². The second-order valence-electron chi connectivity index (χ2n) is 5.52. The van der Waals surface area contributed by atoms with Gasteiger partial charge in [0.05, 0.1) is 12.6 Å². The van der Waals surface area contributed by atoms with Crippen molar-refractivity contribution in [3.05, 3.63) is 29.3 Å². The molecule has 2 aromatic rings. The van der Waals surface area contributed by atoms with Gasteiger partial charge in [-0.2, -0.15) is 0 Å². The van der Waals surface area contributed by atoms with Crippen LogP contribution in [0.2, 0.25) is 0 Å². The van der Waals surface area contributed by atoms with Gasteiger partial charge in [0.25, 0.3) is 0 Å². The van der Waals surface area contributed by atoms with Crippen LogP contribution >= 0.6 is 0 Å². The molecule has 0 bridgehead atoms. The number of carbonyl (C=O) groups excluding carboxylic acids is 1. The Morgan fingerprint density at radius 1 is 1.32 bits per heavy atom. The van der Waals surface area contributed by atoms with Gasteiger partial charge in [-0.15, -0.1) is 0 Å². The molecular weight excluding hydrogens is 282 g/mol. The van der Waals surface area contributed by atoms with Crippen molar-refractivity contribution in [3.63, 3.8) is 0 Å². The molecule has 0 unspecified atom stereocenters. The zero-order valence-corrected chi connectivity index (χ0v) is 12.7. The van der Waals surface area contributed by atoms with Gasteiger partial charge < -0.3 is 15.8 Å². The van der Waals surface area contributed by atoms with Crippen LogP contribution in [-0.2, 0) is 11.2 Å². The first kappa shape index (κ1) is 14.2. The highest BCUT2D eigenvalue weighted by Gasteiger charge is 2.27. The number of rotatable bonds is 3. The molecule has 1 aliphatic rings. The van der Waals surface area contributed by atoms with Crippen LogP contribution < -0.4 is 15.8 Å². The molecule has 0 aromatic carbocycles. The van der Waals surface area contributed by atoms with Crippen molar-refractivity contribution in [2.24, 2.45) is 0 Å². The molecule has 3 heterocycles. The maximum absolute atomic E-state index is 11.6. The molecule has 3 rings (SSSR count). The van der Waals surface area contributed by atoms with Crippen molar-refractivity contribution in [1.29, 1.82) is 0 Å². The predicted octanol–water partition coefficient (Wildman–Crippen LogP) is 2.17. The van der Waals surface area contributed by atoms with E-state index in [0.29, 0.717) is 23.1 Å². The monoisotopic (exact) mass is 299 g/mol. The van der Waals surface area contributed by atoms with Gasteiger partial charge in [-0.1, -0.05) is 13.8 Å². The van der Waals surface area contributed by atoms with Crippen LogP contribution in [0.5, 0.6) is 11.5 Å². The van der Waals surface area contributed by atoms with Crippen molar-refractivity contribution in [1.82, 2.24) is 15.0 Å². The fourth-order valence-corrected chi connectivity index (χ4v) is 2.36. The van der Waals surface area contributed by atoms with E-state index in [-0.39, 0.29) is 24.1 Å². The zero-order chi connectivity index (χ0) is 15.9. The highest BCUT2D eigenvalue weighted by Crippen LogP contribution is 2.39. The predicted molar refractivity (Wildman–Crippen MR) is 81.9 cm³/mol. The number of amides is 1. The summed E-state index contributed by atoms with van der Waals surface area (Å²) in [6.07, 6.45) is 3.50. The Labute approximate surface area is 127 Å². The van der Waals surface area contributed by atoms with Crippen LogP contribution in [0.4, 0.5) is 11.6 Å². The molecule has 1 amide bonds. The van der Waals surface area contributed by atoms with Crippen LogP contribution in [0.15, 0.2) is 12.4 Å². The van der Waals surface area contributed by atoms with Crippen LogP contribution in [0.1, 0.15) is 36.7 Å². The van der Waals surface area contributed by atoms with Crippen molar-refractivity contribution in [2.45, 2.75) is 33.1 Å². The number of nitrogens with two attached hydrogens (primary N) is 1. The third-order valence-corrected chi connectivity index (χ3v) is 3.49. The van der Waals surface area contributed by atoms with Crippen molar-refractivity contribution in [3.8, 4) is 11.5 Å². The fourth-order valence-electron chi connectivity index (χ4n) is 2.36. The smallest absolute Gasteiger partial charge is 0.230 e. The number of nitrogens with zero attached hydrogens (tertiary/aromatic N) is 3. The van der Waals surface area contributed by atoms with Crippen LogP contribution in [0, 0.1) is 6.92 Å². The molecule has 22 heavy (non-hydrogen) atoms. The molecule has 0 saturated carbocycles. The van der Waals surface area contributed by atoms with E-state index < -0.39 is 0 Å². The van der Waals surface area contributed by atoms with Crippen molar-refractivity contribution >= 4 is 17.5 Å². The quantitative estimate of drug-likeness (QED) is 0.900. The first-order valence-corrected chi connectivity index (χ1v) is 7.04. The first-order valence-electron chi connectivity index (χ1n) is 7.04. The Hall–Kier alpha value is -2.70. The molecule has 0 atom stereocenters. The maximum atomic E-state index is 11.6. The van der Waals surface area contributed by atoms with E-state index in [2.05, 4.69) is 20.3 Å². The molecule has 0 aliphatic carbocycles. The Morgan fingerprint density at radius 2 is 2.09 bits per heavy atom. The van der Waals surface area contributed by atoms with E-state index in [1.54, 1.807) is 19.3 Å². The molecule has 7 heteroatoms. The van der Waals surface area contributed by atoms with Crippen LogP contribution in [0.25, 0.3) is 0 Å². The molecule has 1 aliphatic heterocycles. The lowest BCUT2D eigenvalue weighted by molar-refractivity contribution is -0.115. The van der Waals surface area contributed by atoms with Gasteiger partial charge in [0.2, 0.25) is 5.91 Å². The topological polar surface area (TPSA) is 103 Å². The highest BCUT2D eigenvalue weighted by atomic mass is 16.5. The molecule has 0 spiro atoms. The van der Waals surface area contributed by atoms with Gasteiger partial charge in [0.1, 0.15) is 17.4 Å². The number of hydrogen-bond acceptors (Lipinski definition) is 6. The van der Waals surface area contributed by atoms with Gasteiger partial charge >= 0.3 is 0 Å². The normalized spacial score (nSPS) is 13.2. The maximum Gasteiger partial charge on any atom is 0.230 e. The summed E-state index contributed by atoms with van der Waals surface area (Å²) in [5, 5.41) is 2.72. The van der Waals surface area contributed by atoms with E-state index in [4.69, 9.17) is 10.5 Å². The molecule has 2 aromatic heterocycles. The van der Waals surface area contributed by atoms with Gasteiger partial charge in [-0.25, -0.2) is 15.0 Å². The number of nitrogen functional groups attached to an aromatic ring is 1. The van der Waals surface area contributed by atoms with E-state index in [1.807, 2.05) is 13.8 Å². The number of carbonyl (C=O) groups is 1. The Balaban J connectivity index is 2.09. The van der Waals surface area contributed by atoms with E-state index in [9.17, 15) is 4.79 Å². The molecule has 3 N–H and O–H groups in total. The molecular formula is C15H17N5O2. The molecule has 7 nitrogen and oxygen atoms in total. The molecule has 0 radical (unpaired) electrons. The number of fused-ring (bicyclic) bond motifs is 1. The van der Waals surface area contributed by atoms with Crippen LogP contribution in [0.3, 0.4) is 0 Å². The lowest BCUT2D eigenvalue weighted by Crippen LogP contribution is -2.04. The van der Waals surface area contributed by atoms with Gasteiger partial charge in [0.15, 0.2) is 11.6 Å². The summed E-state index contributed by atoms with van der Waals surface area (Å²) in [5.74, 6) is 2.46. The van der Waals surface area contributed by atoms with E-state index in [1.165, 1.54) is 0 Å². The summed E-state index contributed by atoms with van der Waals surface area (Å²) in [6, 6.07) is 0. The summed E-state index contributed by atoms with van der Waals surface area (Å²) in [7, 11) is 0. The third-order valence-electron chi connectivity index (χ3n) is 3.49. The summed E-state index contributed by atoms with van der Waals surface area (Å²) >= 11 is 0. The second kappa shape index (κ2) is 5.25. The van der Waals surface area contributed by atoms with Crippen molar-refractivity contribution in [2.75, 3.05) is 11.1 Å². The minimum atomic E-state index is -0.0959. The van der Waals surface area contributed by atoms with E-state index >= 15 is 0 Å². The average Bonchev–Trinajstić information content (AvgIpc) is 2.82. The summed E-state index contributed by atoms with van der Waals surface area (Å²) < 4.78 is 5.97. The zero-order valence-electron chi connectivity index (χ0n) is 12.7. The lowest BCUT2D eigenvalue weighted by atomic mass is 10.0. The number of aryl methyl sites for hydroxylation is 1. The Bertz CT molecular complexity index is 758. The molecule has 0 saturated heterocycles. The minimum absolute atomic E-state index is 0.0959. The minimum Gasteiger partial charge on any atom is -0.451 e. The Kier molecular flexibility index (Phi) is 3.40. The van der Waals surface area contributed by atoms with E-state index in [0.717, 1.165) is 11.1 Å². The SMILES string of the molecule is Cc1ncc(Oc2c(C(C)C)cnc3c2CC(=O)N3)c(N)n1. The van der Waals surface area contributed by atoms with Gasteiger partial charge in [-0.05, 0) is 12.8 Å². The number of nitrogens with one attached hydrogen (secondary N) is 1. The first-order chi connectivity index (χ1) is 10.5. The number of ether oxygens (including phenoxy) is 1. The highest BCUT2D eigenvalue weighted by molar-refractivity contribution is 5.99. The summed E-state index contributed by atoms with van der Waals surface area (Å²) in [6.45, 7) is 5.83. The summed E-state index contributed by atoms with van der Waals surface area (Å²) in [4.78, 5) is 24.1. The number of hydrogen-bond donors (Lipinski definition) is 2. The van der Waals surface area contributed by atoms with Crippen molar-refractivity contribution < 1.29 is 9.53 Å². The van der Waals surface area contributed by atoms with Crippen LogP contribution in [-0.4, -0.2) is 20.9 Å². The Morgan fingerprint density at radius 3 is 2.77 bits per heavy atom. The largest absolute Gasteiger partial charge is 0.451 e. The average molecular weight is 299 g/mol. The lowest BCUT2D eigenvalue weighted by Gasteiger charge is -2.16.